The van der Waals surface area contributed by atoms with Gasteiger partial charge >= 0.3 is 6.18 Å². The first kappa shape index (κ1) is 21.4. The minimum atomic E-state index is -4.44. The zero-order valence-corrected chi connectivity index (χ0v) is 17.5. The lowest BCUT2D eigenvalue weighted by molar-refractivity contribution is -0.137. The number of alkyl halides is 3. The van der Waals surface area contributed by atoms with Gasteiger partial charge in [-0.3, -0.25) is 0 Å². The van der Waals surface area contributed by atoms with Gasteiger partial charge in [0.25, 0.3) is 0 Å². The van der Waals surface area contributed by atoms with Crippen LogP contribution in [0.3, 0.4) is 0 Å². The molecule has 3 aromatic rings. The van der Waals surface area contributed by atoms with E-state index in [-0.39, 0.29) is 29.4 Å². The molecule has 0 saturated carbocycles. The van der Waals surface area contributed by atoms with Crippen molar-refractivity contribution < 1.29 is 23.0 Å². The molecule has 2 unspecified atom stereocenters. The van der Waals surface area contributed by atoms with Crippen LogP contribution in [0.1, 0.15) is 17.2 Å². The summed E-state index contributed by atoms with van der Waals surface area (Å²) in [4.78, 5) is 1.78. The van der Waals surface area contributed by atoms with E-state index < -0.39 is 11.7 Å². The van der Waals surface area contributed by atoms with E-state index in [1.807, 2.05) is 36.4 Å². The van der Waals surface area contributed by atoms with Crippen molar-refractivity contribution in [1.82, 2.24) is 4.90 Å². The highest BCUT2D eigenvalue weighted by atomic mass is 32.1. The summed E-state index contributed by atoms with van der Waals surface area (Å²) < 4.78 is 45.0. The number of rotatable bonds is 3. The Balaban J connectivity index is 1.68. The van der Waals surface area contributed by atoms with Crippen LogP contribution in [0.2, 0.25) is 0 Å². The van der Waals surface area contributed by atoms with Crippen molar-refractivity contribution in [3.63, 3.8) is 0 Å². The highest BCUT2D eigenvalue weighted by Crippen LogP contribution is 2.43. The molecular formula is C23H21F3N2O2S. The van der Waals surface area contributed by atoms with Crippen LogP contribution in [0, 0.1) is 5.92 Å². The average Bonchev–Trinajstić information content (AvgIpc) is 2.77. The Morgan fingerprint density at radius 2 is 1.94 bits per heavy atom. The molecule has 0 radical (unpaired) electrons. The molecule has 4 nitrogen and oxygen atoms in total. The Hall–Kier alpha value is -2.84. The monoisotopic (exact) mass is 446 g/mol. The number of hydrogen-bond donors (Lipinski definition) is 2. The number of aliphatic hydroxyl groups is 1. The number of aliphatic hydroxyl groups excluding tert-OH is 1. The number of halogens is 3. The molecule has 0 aromatic heterocycles. The van der Waals surface area contributed by atoms with Gasteiger partial charge in [-0.2, -0.15) is 13.2 Å². The van der Waals surface area contributed by atoms with E-state index in [1.54, 1.807) is 11.9 Å². The maximum absolute atomic E-state index is 13.1. The average molecular weight is 446 g/mol. The fraction of sp³-hybridized carbons (Fsp3) is 0.261. The normalized spacial score (nSPS) is 18.2. The summed E-state index contributed by atoms with van der Waals surface area (Å²) in [7, 11) is 1.77. The van der Waals surface area contributed by atoms with Crippen LogP contribution in [-0.4, -0.2) is 35.4 Å². The van der Waals surface area contributed by atoms with Gasteiger partial charge in [-0.1, -0.05) is 36.4 Å². The Kier molecular flexibility index (Phi) is 5.77. The van der Waals surface area contributed by atoms with Crippen molar-refractivity contribution >= 4 is 33.8 Å². The number of nitrogens with zero attached hydrogens (tertiary/aromatic N) is 1. The third-order valence-electron chi connectivity index (χ3n) is 5.54. The summed E-state index contributed by atoms with van der Waals surface area (Å²) in [6, 6.07) is 16.3. The SMILES string of the molecule is CN(C(=S)Nc1cccc(C(F)(F)F)c1)C1c2c(ccc3ccccc23)OCC1CO. The van der Waals surface area contributed by atoms with Gasteiger partial charge < -0.3 is 20.1 Å². The summed E-state index contributed by atoms with van der Waals surface area (Å²) in [5, 5.41) is 15.2. The molecule has 0 aliphatic carbocycles. The highest BCUT2D eigenvalue weighted by molar-refractivity contribution is 7.80. The number of anilines is 1. The predicted octanol–water partition coefficient (Wildman–Crippen LogP) is 5.23. The number of fused-ring (bicyclic) bond motifs is 3. The van der Waals surface area contributed by atoms with E-state index in [0.29, 0.717) is 12.4 Å². The lowest BCUT2D eigenvalue weighted by Crippen LogP contribution is -2.43. The number of ether oxygens (including phenoxy) is 1. The molecule has 1 aliphatic heterocycles. The quantitative estimate of drug-likeness (QED) is 0.540. The molecule has 4 rings (SSSR count). The van der Waals surface area contributed by atoms with E-state index in [1.165, 1.54) is 12.1 Å². The van der Waals surface area contributed by atoms with Crippen LogP contribution >= 0.6 is 12.2 Å². The van der Waals surface area contributed by atoms with Crippen molar-refractivity contribution in [3.8, 4) is 5.75 Å². The maximum atomic E-state index is 13.1. The highest BCUT2D eigenvalue weighted by Gasteiger charge is 2.36. The van der Waals surface area contributed by atoms with Crippen LogP contribution in [0.15, 0.2) is 60.7 Å². The van der Waals surface area contributed by atoms with Gasteiger partial charge in [0.05, 0.1) is 24.8 Å². The van der Waals surface area contributed by atoms with Gasteiger partial charge in [-0.05, 0) is 47.3 Å². The van der Waals surface area contributed by atoms with Crippen molar-refractivity contribution in [2.45, 2.75) is 12.2 Å². The number of hydrogen-bond acceptors (Lipinski definition) is 3. The Morgan fingerprint density at radius 1 is 1.16 bits per heavy atom. The molecule has 8 heteroatoms. The molecule has 31 heavy (non-hydrogen) atoms. The van der Waals surface area contributed by atoms with E-state index in [9.17, 15) is 18.3 Å². The molecule has 2 N–H and O–H groups in total. The molecule has 0 saturated heterocycles. The summed E-state index contributed by atoms with van der Waals surface area (Å²) in [6.07, 6.45) is -4.44. The fourth-order valence-electron chi connectivity index (χ4n) is 4.00. The zero-order chi connectivity index (χ0) is 22.2. The minimum absolute atomic E-state index is 0.121. The predicted molar refractivity (Wildman–Crippen MR) is 118 cm³/mol. The van der Waals surface area contributed by atoms with Crippen molar-refractivity contribution in [2.24, 2.45) is 5.92 Å². The van der Waals surface area contributed by atoms with Crippen molar-refractivity contribution in [3.05, 3.63) is 71.8 Å². The van der Waals surface area contributed by atoms with Gasteiger partial charge in [-0.25, -0.2) is 0 Å². The van der Waals surface area contributed by atoms with Gasteiger partial charge in [-0.15, -0.1) is 0 Å². The molecular weight excluding hydrogens is 425 g/mol. The van der Waals surface area contributed by atoms with Crippen LogP contribution in [0.5, 0.6) is 5.75 Å². The second-order valence-corrected chi connectivity index (χ2v) is 7.90. The van der Waals surface area contributed by atoms with Crippen LogP contribution in [0.25, 0.3) is 10.8 Å². The molecule has 0 amide bonds. The van der Waals surface area contributed by atoms with Crippen LogP contribution in [0.4, 0.5) is 18.9 Å². The number of thiocarbonyl (C=S) groups is 1. The Morgan fingerprint density at radius 3 is 2.68 bits per heavy atom. The summed E-state index contributed by atoms with van der Waals surface area (Å²) >= 11 is 5.54. The molecule has 2 atom stereocenters. The lowest BCUT2D eigenvalue weighted by atomic mass is 9.87. The Bertz CT molecular complexity index is 1120. The second-order valence-electron chi connectivity index (χ2n) is 7.52. The van der Waals surface area contributed by atoms with Gasteiger partial charge in [0, 0.05) is 24.2 Å². The first-order valence-corrected chi connectivity index (χ1v) is 10.2. The molecule has 0 fully saturated rings. The maximum Gasteiger partial charge on any atom is 0.416 e. The zero-order valence-electron chi connectivity index (χ0n) is 16.7. The summed E-state index contributed by atoms with van der Waals surface area (Å²) in [6.45, 7) is 0.187. The number of benzene rings is 3. The molecule has 1 heterocycles. The van der Waals surface area contributed by atoms with Crippen molar-refractivity contribution in [1.29, 1.82) is 0 Å². The molecule has 0 bridgehead atoms. The topological polar surface area (TPSA) is 44.7 Å². The minimum Gasteiger partial charge on any atom is -0.493 e. The molecule has 1 aliphatic rings. The molecule has 3 aromatic carbocycles. The largest absolute Gasteiger partial charge is 0.493 e. The third kappa shape index (κ3) is 4.18. The summed E-state index contributed by atoms with van der Waals surface area (Å²) in [5.74, 6) is 0.451. The van der Waals surface area contributed by atoms with E-state index in [2.05, 4.69) is 5.32 Å². The summed E-state index contributed by atoms with van der Waals surface area (Å²) in [5.41, 5.74) is 0.398. The van der Waals surface area contributed by atoms with E-state index >= 15 is 0 Å². The fourth-order valence-corrected chi connectivity index (χ4v) is 4.24. The lowest BCUT2D eigenvalue weighted by Gasteiger charge is -2.40. The Labute approximate surface area is 183 Å². The first-order chi connectivity index (χ1) is 14.8. The van der Waals surface area contributed by atoms with Gasteiger partial charge in [0.2, 0.25) is 0 Å². The second kappa shape index (κ2) is 8.36. The van der Waals surface area contributed by atoms with Gasteiger partial charge in [0.15, 0.2) is 5.11 Å². The molecule has 0 spiro atoms. The number of nitrogens with one attached hydrogen (secondary N) is 1. The van der Waals surface area contributed by atoms with Gasteiger partial charge in [0.1, 0.15) is 5.75 Å². The van der Waals surface area contributed by atoms with E-state index in [0.717, 1.165) is 28.5 Å². The molecule has 162 valence electrons. The van der Waals surface area contributed by atoms with Crippen LogP contribution < -0.4 is 10.1 Å². The third-order valence-corrected chi connectivity index (χ3v) is 5.93. The smallest absolute Gasteiger partial charge is 0.416 e. The van der Waals surface area contributed by atoms with Crippen LogP contribution in [-0.2, 0) is 6.18 Å². The first-order valence-electron chi connectivity index (χ1n) is 9.76. The standard InChI is InChI=1S/C23H21F3N2O2S/c1-28(22(31)27-17-7-4-6-16(11-17)23(24,25)26)21-15(12-29)13-30-19-10-9-14-5-2-3-8-18(14)20(19)21/h2-11,15,21,29H,12-13H2,1H3,(H,27,31). The van der Waals surface area contributed by atoms with Crippen molar-refractivity contribution in [2.75, 3.05) is 25.6 Å². The van der Waals surface area contributed by atoms with E-state index in [4.69, 9.17) is 17.0 Å².